The number of carbonyl (C=O) groups is 2. The zero-order chi connectivity index (χ0) is 18.2. The van der Waals surface area contributed by atoms with Crippen molar-refractivity contribution in [1.29, 1.82) is 0 Å². The van der Waals surface area contributed by atoms with E-state index in [1.807, 2.05) is 0 Å². The average molecular weight is 339 g/mol. The lowest BCUT2D eigenvalue weighted by atomic mass is 10.1. The molecule has 0 aliphatic carbocycles. The molecule has 0 spiro atoms. The first-order chi connectivity index (χ1) is 11.2. The van der Waals surface area contributed by atoms with Crippen LogP contribution in [0, 0.1) is 10.1 Å². The molecule has 9 nitrogen and oxygen atoms in total. The Hall–Kier alpha value is -2.68. The number of hydrogen-bond donors (Lipinski definition) is 2. The van der Waals surface area contributed by atoms with Crippen LogP contribution in [0.1, 0.15) is 36.7 Å². The Morgan fingerprint density at radius 1 is 1.21 bits per heavy atom. The Morgan fingerprint density at radius 2 is 1.88 bits per heavy atom. The van der Waals surface area contributed by atoms with Gasteiger partial charge in [0.1, 0.15) is 5.60 Å². The molecule has 0 fully saturated rings. The first-order valence-electron chi connectivity index (χ1n) is 7.29. The van der Waals surface area contributed by atoms with Crippen molar-refractivity contribution in [1.82, 2.24) is 10.8 Å². The molecule has 0 aliphatic rings. The van der Waals surface area contributed by atoms with E-state index in [0.717, 1.165) is 0 Å². The third-order valence-electron chi connectivity index (χ3n) is 2.60. The highest BCUT2D eigenvalue weighted by Crippen LogP contribution is 2.11. The number of amides is 1. The molecule has 0 atom stereocenters. The summed E-state index contributed by atoms with van der Waals surface area (Å²) in [6, 6.07) is 6.13. The van der Waals surface area contributed by atoms with Gasteiger partial charge in [-0.15, -0.1) is 0 Å². The standard InChI is InChI=1S/C15H21N3O6/c1-15(2,3)23-14(20)16-8-9-17-24-13(19)12-7-5-4-6-11(12)10-18(21)22/h4-7,17H,8-10H2,1-3H3,(H,16,20). The molecule has 0 aliphatic heterocycles. The molecule has 24 heavy (non-hydrogen) atoms. The number of carbonyl (C=O) groups excluding carboxylic acids is 2. The van der Waals surface area contributed by atoms with Crippen LogP contribution in [0.25, 0.3) is 0 Å². The number of rotatable bonds is 7. The Bertz CT molecular complexity index is 597. The van der Waals surface area contributed by atoms with Crippen LogP contribution < -0.4 is 10.8 Å². The lowest BCUT2D eigenvalue weighted by molar-refractivity contribution is -0.496. The predicted octanol–water partition coefficient (Wildman–Crippen LogP) is 1.65. The number of hydroxylamine groups is 1. The molecule has 1 rings (SSSR count). The monoisotopic (exact) mass is 339 g/mol. The van der Waals surface area contributed by atoms with Crippen LogP contribution >= 0.6 is 0 Å². The Balaban J connectivity index is 2.37. The van der Waals surface area contributed by atoms with Gasteiger partial charge in [0.05, 0.1) is 5.56 Å². The van der Waals surface area contributed by atoms with Crippen molar-refractivity contribution < 1.29 is 24.1 Å². The van der Waals surface area contributed by atoms with Gasteiger partial charge in [-0.1, -0.05) is 18.2 Å². The smallest absolute Gasteiger partial charge is 0.407 e. The van der Waals surface area contributed by atoms with Crippen LogP contribution in [-0.4, -0.2) is 35.7 Å². The molecule has 0 bridgehead atoms. The second-order valence-electron chi connectivity index (χ2n) is 5.86. The summed E-state index contributed by atoms with van der Waals surface area (Å²) < 4.78 is 5.04. The second-order valence-corrected chi connectivity index (χ2v) is 5.86. The number of nitrogens with one attached hydrogen (secondary N) is 2. The van der Waals surface area contributed by atoms with Gasteiger partial charge in [-0.2, -0.15) is 5.48 Å². The normalized spacial score (nSPS) is 10.8. The lowest BCUT2D eigenvalue weighted by Gasteiger charge is -2.19. The Labute approximate surface area is 139 Å². The number of nitro groups is 1. The van der Waals surface area contributed by atoms with E-state index in [4.69, 9.17) is 9.57 Å². The molecular weight excluding hydrogens is 318 g/mol. The van der Waals surface area contributed by atoms with E-state index in [-0.39, 0.29) is 24.2 Å². The zero-order valence-corrected chi connectivity index (χ0v) is 13.8. The third kappa shape index (κ3) is 7.54. The van der Waals surface area contributed by atoms with Gasteiger partial charge in [0, 0.05) is 23.6 Å². The number of alkyl carbamates (subject to hydrolysis) is 1. The molecule has 0 saturated heterocycles. The maximum absolute atomic E-state index is 11.9. The zero-order valence-electron chi connectivity index (χ0n) is 13.8. The van der Waals surface area contributed by atoms with Crippen LogP contribution in [-0.2, 0) is 16.1 Å². The highest BCUT2D eigenvalue weighted by Gasteiger charge is 2.17. The number of benzene rings is 1. The summed E-state index contributed by atoms with van der Waals surface area (Å²) in [5, 5.41) is 13.1. The van der Waals surface area contributed by atoms with Gasteiger partial charge in [-0.3, -0.25) is 10.1 Å². The third-order valence-corrected chi connectivity index (χ3v) is 2.60. The van der Waals surface area contributed by atoms with Gasteiger partial charge in [0.2, 0.25) is 6.54 Å². The Kier molecular flexibility index (Phi) is 7.12. The molecule has 1 amide bonds. The van der Waals surface area contributed by atoms with E-state index in [2.05, 4.69) is 10.8 Å². The van der Waals surface area contributed by atoms with Crippen molar-refractivity contribution in [2.24, 2.45) is 0 Å². The second kappa shape index (κ2) is 8.82. The summed E-state index contributed by atoms with van der Waals surface area (Å²) in [6.07, 6.45) is -0.577. The van der Waals surface area contributed by atoms with E-state index in [0.29, 0.717) is 0 Å². The number of nitrogens with zero attached hydrogens (tertiary/aromatic N) is 1. The summed E-state index contributed by atoms with van der Waals surface area (Å²) in [5.74, 6) is -0.732. The fourth-order valence-electron chi connectivity index (χ4n) is 1.70. The maximum atomic E-state index is 11.9. The molecule has 0 aromatic heterocycles. The topological polar surface area (TPSA) is 120 Å². The summed E-state index contributed by atoms with van der Waals surface area (Å²) in [4.78, 5) is 38.2. The van der Waals surface area contributed by atoms with Crippen LogP contribution in [0.5, 0.6) is 0 Å². The van der Waals surface area contributed by atoms with Gasteiger partial charge in [-0.25, -0.2) is 9.59 Å². The molecule has 0 radical (unpaired) electrons. The maximum Gasteiger partial charge on any atom is 0.407 e. The minimum absolute atomic E-state index is 0.113. The van der Waals surface area contributed by atoms with Crippen LogP contribution in [0.15, 0.2) is 24.3 Å². The van der Waals surface area contributed by atoms with Crippen LogP contribution in [0.4, 0.5) is 4.79 Å². The van der Waals surface area contributed by atoms with E-state index < -0.39 is 29.1 Å². The summed E-state index contributed by atoms with van der Waals surface area (Å²) in [5.41, 5.74) is 2.18. The van der Waals surface area contributed by atoms with Crippen molar-refractivity contribution in [3.05, 3.63) is 45.5 Å². The fourth-order valence-corrected chi connectivity index (χ4v) is 1.70. The highest BCUT2D eigenvalue weighted by atomic mass is 16.7. The van der Waals surface area contributed by atoms with Gasteiger partial charge in [0.25, 0.3) is 0 Å². The molecule has 0 heterocycles. The van der Waals surface area contributed by atoms with E-state index >= 15 is 0 Å². The van der Waals surface area contributed by atoms with Gasteiger partial charge >= 0.3 is 12.1 Å². The minimum Gasteiger partial charge on any atom is -0.444 e. The van der Waals surface area contributed by atoms with E-state index in [9.17, 15) is 19.7 Å². The molecule has 1 aromatic rings. The molecule has 0 unspecified atom stereocenters. The fraction of sp³-hybridized carbons (Fsp3) is 0.467. The number of ether oxygens (including phenoxy) is 1. The van der Waals surface area contributed by atoms with Gasteiger partial charge < -0.3 is 14.9 Å². The summed E-state index contributed by atoms with van der Waals surface area (Å²) in [7, 11) is 0. The van der Waals surface area contributed by atoms with Gasteiger partial charge in [0.15, 0.2) is 0 Å². The van der Waals surface area contributed by atoms with E-state index in [1.54, 1.807) is 32.9 Å². The molecule has 0 saturated carbocycles. The quantitative estimate of drug-likeness (QED) is 0.440. The first kappa shape index (κ1) is 19.4. The minimum atomic E-state index is -0.732. The van der Waals surface area contributed by atoms with Crippen LogP contribution in [0.2, 0.25) is 0 Å². The van der Waals surface area contributed by atoms with E-state index in [1.165, 1.54) is 12.1 Å². The van der Waals surface area contributed by atoms with Crippen molar-refractivity contribution in [3.8, 4) is 0 Å². The predicted molar refractivity (Wildman–Crippen MR) is 84.8 cm³/mol. The molecule has 1 aromatic carbocycles. The van der Waals surface area contributed by atoms with Crippen LogP contribution in [0.3, 0.4) is 0 Å². The molecule has 2 N–H and O–H groups in total. The first-order valence-corrected chi connectivity index (χ1v) is 7.29. The highest BCUT2D eigenvalue weighted by molar-refractivity contribution is 5.90. The summed E-state index contributed by atoms with van der Waals surface area (Å²) >= 11 is 0. The summed E-state index contributed by atoms with van der Waals surface area (Å²) in [6.45, 7) is 5.10. The SMILES string of the molecule is CC(C)(C)OC(=O)NCCNOC(=O)c1ccccc1C[N+](=O)[O-]. The molecule has 9 heteroatoms. The molecule has 132 valence electrons. The van der Waals surface area contributed by atoms with Crippen molar-refractivity contribution in [2.45, 2.75) is 32.9 Å². The van der Waals surface area contributed by atoms with Crippen molar-refractivity contribution in [3.63, 3.8) is 0 Å². The van der Waals surface area contributed by atoms with Crippen molar-refractivity contribution in [2.75, 3.05) is 13.1 Å². The number of hydrogen-bond acceptors (Lipinski definition) is 7. The van der Waals surface area contributed by atoms with Crippen molar-refractivity contribution >= 4 is 12.1 Å². The lowest BCUT2D eigenvalue weighted by Crippen LogP contribution is -2.37. The molecular formula is C15H21N3O6. The Morgan fingerprint density at radius 3 is 2.50 bits per heavy atom. The largest absolute Gasteiger partial charge is 0.444 e. The van der Waals surface area contributed by atoms with Gasteiger partial charge in [-0.05, 0) is 26.8 Å². The average Bonchev–Trinajstić information content (AvgIpc) is 2.44.